The molecule has 0 saturated carbocycles. The van der Waals surface area contributed by atoms with Crippen molar-refractivity contribution in [3.8, 4) is 0 Å². The van der Waals surface area contributed by atoms with Crippen LogP contribution in [0.25, 0.3) is 0 Å². The van der Waals surface area contributed by atoms with Crippen LogP contribution in [0.4, 0.5) is 0 Å². The lowest BCUT2D eigenvalue weighted by Gasteiger charge is -2.41. The van der Waals surface area contributed by atoms with E-state index >= 15 is 0 Å². The molecule has 1 aliphatic heterocycles. The normalized spacial score (nSPS) is 18.9. The van der Waals surface area contributed by atoms with Crippen molar-refractivity contribution in [1.82, 2.24) is 9.80 Å². The van der Waals surface area contributed by atoms with Crippen LogP contribution >= 0.6 is 0 Å². The number of aliphatic hydroxyl groups is 1. The largest absolute Gasteiger partial charge is 0.396 e. The van der Waals surface area contributed by atoms with Gasteiger partial charge in [0.2, 0.25) is 0 Å². The monoisotopic (exact) mass is 352 g/mol. The molecule has 2 aromatic carbocycles. The predicted octanol–water partition coefficient (Wildman–Crippen LogP) is 3.23. The Hall–Kier alpha value is -1.68. The molecule has 0 bridgehead atoms. The van der Waals surface area contributed by atoms with Crippen molar-refractivity contribution >= 4 is 0 Å². The van der Waals surface area contributed by atoms with E-state index in [-0.39, 0.29) is 6.61 Å². The summed E-state index contributed by atoms with van der Waals surface area (Å²) in [6.07, 6.45) is 4.33. The third kappa shape index (κ3) is 5.94. The molecule has 0 aliphatic carbocycles. The van der Waals surface area contributed by atoms with E-state index in [0.717, 1.165) is 52.0 Å². The van der Waals surface area contributed by atoms with Gasteiger partial charge in [0.1, 0.15) is 0 Å². The molecule has 0 aromatic heterocycles. The van der Waals surface area contributed by atoms with Crippen LogP contribution in [0.3, 0.4) is 0 Å². The van der Waals surface area contributed by atoms with Gasteiger partial charge in [0, 0.05) is 38.8 Å². The number of nitrogens with zero attached hydrogens (tertiary/aromatic N) is 2. The lowest BCUT2D eigenvalue weighted by atomic mass is 10.1. The highest BCUT2D eigenvalue weighted by atomic mass is 16.3. The fourth-order valence-corrected chi connectivity index (χ4v) is 3.95. The maximum Gasteiger partial charge on any atom is 0.0446 e. The van der Waals surface area contributed by atoms with Gasteiger partial charge in [-0.25, -0.2) is 0 Å². The first kappa shape index (κ1) is 19.1. The molecule has 1 heterocycles. The standard InChI is InChI=1S/C23H32N2O/c26-19-14-23-20-24(15-7-12-21-8-3-1-4-9-21)17-18-25(23)16-13-22-10-5-2-6-11-22/h1-6,8-11,23,26H,7,12-20H2/t23-/m0/s1. The summed E-state index contributed by atoms with van der Waals surface area (Å²) < 4.78 is 0. The molecule has 1 atom stereocenters. The quantitative estimate of drug-likeness (QED) is 0.751. The second-order valence-corrected chi connectivity index (χ2v) is 7.33. The van der Waals surface area contributed by atoms with Crippen LogP contribution in [0.5, 0.6) is 0 Å². The predicted molar refractivity (Wildman–Crippen MR) is 108 cm³/mol. The Morgan fingerprint density at radius 1 is 0.808 bits per heavy atom. The van der Waals surface area contributed by atoms with Crippen LogP contribution in [-0.4, -0.2) is 60.3 Å². The van der Waals surface area contributed by atoms with Gasteiger partial charge in [-0.1, -0.05) is 60.7 Å². The number of piperazine rings is 1. The topological polar surface area (TPSA) is 26.7 Å². The average molecular weight is 353 g/mol. The van der Waals surface area contributed by atoms with Gasteiger partial charge in [0.15, 0.2) is 0 Å². The molecule has 1 saturated heterocycles. The smallest absolute Gasteiger partial charge is 0.0446 e. The second-order valence-electron chi connectivity index (χ2n) is 7.33. The molecule has 1 aliphatic rings. The van der Waals surface area contributed by atoms with Crippen LogP contribution in [0.1, 0.15) is 24.0 Å². The number of hydrogen-bond donors (Lipinski definition) is 1. The van der Waals surface area contributed by atoms with Crippen LogP contribution in [0.15, 0.2) is 60.7 Å². The van der Waals surface area contributed by atoms with Crippen molar-refractivity contribution < 1.29 is 5.11 Å². The molecule has 3 nitrogen and oxygen atoms in total. The fourth-order valence-electron chi connectivity index (χ4n) is 3.95. The Morgan fingerprint density at radius 3 is 2.12 bits per heavy atom. The Labute approximate surface area is 158 Å². The number of rotatable bonds is 9. The molecule has 0 amide bonds. The van der Waals surface area contributed by atoms with Crippen molar-refractivity contribution in [2.75, 3.05) is 39.3 Å². The maximum atomic E-state index is 9.49. The first-order chi connectivity index (χ1) is 12.8. The molecular weight excluding hydrogens is 320 g/mol. The van der Waals surface area contributed by atoms with Crippen molar-refractivity contribution in [1.29, 1.82) is 0 Å². The van der Waals surface area contributed by atoms with Crippen LogP contribution in [-0.2, 0) is 12.8 Å². The van der Waals surface area contributed by atoms with E-state index in [9.17, 15) is 5.11 Å². The molecule has 3 heteroatoms. The van der Waals surface area contributed by atoms with Gasteiger partial charge < -0.3 is 10.0 Å². The number of benzene rings is 2. The van der Waals surface area contributed by atoms with Crippen molar-refractivity contribution in [2.45, 2.75) is 31.7 Å². The zero-order valence-corrected chi connectivity index (χ0v) is 15.8. The van der Waals surface area contributed by atoms with Gasteiger partial charge in [-0.3, -0.25) is 4.90 Å². The molecule has 2 aromatic rings. The van der Waals surface area contributed by atoms with Crippen molar-refractivity contribution in [2.24, 2.45) is 0 Å². The van der Waals surface area contributed by atoms with Gasteiger partial charge in [-0.05, 0) is 43.4 Å². The van der Waals surface area contributed by atoms with Crippen molar-refractivity contribution in [3.63, 3.8) is 0 Å². The third-order valence-electron chi connectivity index (χ3n) is 5.46. The fraction of sp³-hybridized carbons (Fsp3) is 0.478. The summed E-state index contributed by atoms with van der Waals surface area (Å²) in [5.41, 5.74) is 2.83. The van der Waals surface area contributed by atoms with E-state index < -0.39 is 0 Å². The summed E-state index contributed by atoms with van der Waals surface area (Å²) >= 11 is 0. The molecular formula is C23H32N2O. The van der Waals surface area contributed by atoms with Crippen LogP contribution in [0, 0.1) is 0 Å². The summed E-state index contributed by atoms with van der Waals surface area (Å²) in [7, 11) is 0. The van der Waals surface area contributed by atoms with Gasteiger partial charge in [0.05, 0.1) is 0 Å². The summed E-state index contributed by atoms with van der Waals surface area (Å²) in [5, 5.41) is 9.49. The minimum absolute atomic E-state index is 0.282. The van der Waals surface area contributed by atoms with Gasteiger partial charge in [-0.15, -0.1) is 0 Å². The van der Waals surface area contributed by atoms with Gasteiger partial charge in [-0.2, -0.15) is 0 Å². The SMILES string of the molecule is OCC[C@H]1CN(CCCc2ccccc2)CCN1CCc1ccccc1. The summed E-state index contributed by atoms with van der Waals surface area (Å²) in [6.45, 7) is 5.87. The first-order valence-electron chi connectivity index (χ1n) is 10.0. The first-order valence-corrected chi connectivity index (χ1v) is 10.0. The van der Waals surface area contributed by atoms with E-state index in [4.69, 9.17) is 0 Å². The highest BCUT2D eigenvalue weighted by molar-refractivity contribution is 5.15. The lowest BCUT2D eigenvalue weighted by Crippen LogP contribution is -2.54. The zero-order valence-electron chi connectivity index (χ0n) is 15.8. The van der Waals surface area contributed by atoms with E-state index in [1.165, 1.54) is 17.5 Å². The van der Waals surface area contributed by atoms with E-state index in [1.807, 2.05) is 0 Å². The lowest BCUT2D eigenvalue weighted by molar-refractivity contribution is 0.0596. The minimum atomic E-state index is 0.282. The molecule has 140 valence electrons. The maximum absolute atomic E-state index is 9.49. The van der Waals surface area contributed by atoms with E-state index in [1.54, 1.807) is 0 Å². The van der Waals surface area contributed by atoms with Crippen LogP contribution in [0.2, 0.25) is 0 Å². The molecule has 1 fully saturated rings. The number of hydrogen-bond acceptors (Lipinski definition) is 3. The summed E-state index contributed by atoms with van der Waals surface area (Å²) in [4.78, 5) is 5.17. The molecule has 0 unspecified atom stereocenters. The second kappa shape index (κ2) is 10.5. The van der Waals surface area contributed by atoms with Gasteiger partial charge in [0.25, 0.3) is 0 Å². The number of aliphatic hydroxyl groups excluding tert-OH is 1. The third-order valence-corrected chi connectivity index (χ3v) is 5.46. The Balaban J connectivity index is 1.44. The number of aryl methyl sites for hydroxylation is 1. The Bertz CT molecular complexity index is 617. The highest BCUT2D eigenvalue weighted by Crippen LogP contribution is 2.15. The molecule has 0 radical (unpaired) electrons. The minimum Gasteiger partial charge on any atom is -0.396 e. The summed E-state index contributed by atoms with van der Waals surface area (Å²) in [5.74, 6) is 0. The zero-order chi connectivity index (χ0) is 18.0. The molecule has 0 spiro atoms. The highest BCUT2D eigenvalue weighted by Gasteiger charge is 2.25. The van der Waals surface area contributed by atoms with Crippen molar-refractivity contribution in [3.05, 3.63) is 71.8 Å². The summed E-state index contributed by atoms with van der Waals surface area (Å²) in [6, 6.07) is 22.0. The van der Waals surface area contributed by atoms with E-state index in [0.29, 0.717) is 6.04 Å². The molecule has 1 N–H and O–H groups in total. The van der Waals surface area contributed by atoms with E-state index in [2.05, 4.69) is 70.5 Å². The molecule has 26 heavy (non-hydrogen) atoms. The van der Waals surface area contributed by atoms with Crippen LogP contribution < -0.4 is 0 Å². The Morgan fingerprint density at radius 2 is 1.46 bits per heavy atom. The Kier molecular flexibility index (Phi) is 7.68. The average Bonchev–Trinajstić information content (AvgIpc) is 2.69. The van der Waals surface area contributed by atoms with Gasteiger partial charge >= 0.3 is 0 Å². The molecule has 3 rings (SSSR count).